The van der Waals surface area contributed by atoms with Crippen LogP contribution in [0.15, 0.2) is 24.3 Å². The van der Waals surface area contributed by atoms with E-state index in [0.29, 0.717) is 10.6 Å². The molecule has 2 rings (SSSR count). The maximum atomic E-state index is 11.4. The number of ether oxygens (including phenoxy) is 1. The second-order valence-corrected chi connectivity index (χ2v) is 8.51. The molecular weight excluding hydrogens is 390 g/mol. The van der Waals surface area contributed by atoms with Gasteiger partial charge in [0.2, 0.25) is 0 Å². The molecule has 1 unspecified atom stereocenters. The summed E-state index contributed by atoms with van der Waals surface area (Å²) >= 11 is 6.01. The highest BCUT2D eigenvalue weighted by Crippen LogP contribution is 2.34. The van der Waals surface area contributed by atoms with E-state index in [1.54, 1.807) is 56.9 Å². The lowest BCUT2D eigenvalue weighted by molar-refractivity contribution is -0.278. The number of hydrogen-bond donors (Lipinski definition) is 5. The number of carboxylic acids is 1. The number of aliphatic hydroxyl groups excluding tert-OH is 4. The molecule has 0 radical (unpaired) electrons. The number of carboxylic acid groups (broad SMARTS) is 1. The first-order valence-electron chi connectivity index (χ1n) is 9.00. The fourth-order valence-electron chi connectivity index (χ4n) is 3.64. The van der Waals surface area contributed by atoms with Gasteiger partial charge in [0, 0.05) is 16.6 Å². The molecule has 8 nitrogen and oxygen atoms in total. The average Bonchev–Trinajstić information content (AvgIpc) is 2.59. The van der Waals surface area contributed by atoms with Crippen molar-refractivity contribution in [2.24, 2.45) is 0 Å². The summed E-state index contributed by atoms with van der Waals surface area (Å²) in [5.41, 5.74) is -0.162. The number of rotatable bonds is 5. The Bertz CT molecular complexity index is 695. The van der Waals surface area contributed by atoms with Crippen LogP contribution < -0.4 is 0 Å². The highest BCUT2D eigenvalue weighted by Gasteiger charge is 2.52. The van der Waals surface area contributed by atoms with E-state index in [-0.39, 0.29) is 0 Å². The van der Waals surface area contributed by atoms with Gasteiger partial charge in [-0.1, -0.05) is 23.7 Å². The van der Waals surface area contributed by atoms with E-state index in [0.717, 1.165) is 0 Å². The summed E-state index contributed by atoms with van der Waals surface area (Å²) in [6, 6.07) is 6.02. The number of hydrogen-bond acceptors (Lipinski definition) is 7. The van der Waals surface area contributed by atoms with Gasteiger partial charge in [-0.15, -0.1) is 0 Å². The van der Waals surface area contributed by atoms with Gasteiger partial charge in [-0.05, 0) is 45.4 Å². The van der Waals surface area contributed by atoms with E-state index in [1.807, 2.05) is 0 Å². The molecule has 0 aromatic heterocycles. The first-order valence-corrected chi connectivity index (χ1v) is 9.38. The summed E-state index contributed by atoms with van der Waals surface area (Å²) in [7, 11) is 0. The largest absolute Gasteiger partial charge is 0.479 e. The number of nitrogens with zero attached hydrogens (tertiary/aromatic N) is 1. The molecule has 0 aliphatic carbocycles. The van der Waals surface area contributed by atoms with Gasteiger partial charge in [0.1, 0.15) is 24.5 Å². The van der Waals surface area contributed by atoms with Crippen LogP contribution in [-0.2, 0) is 9.53 Å². The van der Waals surface area contributed by atoms with E-state index in [2.05, 4.69) is 0 Å². The van der Waals surface area contributed by atoms with Gasteiger partial charge in [0.05, 0.1) is 6.10 Å². The third-order valence-corrected chi connectivity index (χ3v) is 5.20. The predicted molar refractivity (Wildman–Crippen MR) is 102 cm³/mol. The van der Waals surface area contributed by atoms with Crippen molar-refractivity contribution in [1.29, 1.82) is 0 Å². The Morgan fingerprint density at radius 1 is 1.18 bits per heavy atom. The van der Waals surface area contributed by atoms with Crippen molar-refractivity contribution in [2.45, 2.75) is 76.0 Å². The summed E-state index contributed by atoms with van der Waals surface area (Å²) in [5.74, 6) is -1.46. The van der Waals surface area contributed by atoms with Crippen LogP contribution in [0, 0.1) is 0 Å². The molecule has 1 saturated heterocycles. The van der Waals surface area contributed by atoms with Crippen LogP contribution in [0.2, 0.25) is 5.02 Å². The van der Waals surface area contributed by atoms with Gasteiger partial charge < -0.3 is 30.3 Å². The van der Waals surface area contributed by atoms with Crippen molar-refractivity contribution >= 4 is 17.6 Å². The molecule has 1 aliphatic rings. The van der Waals surface area contributed by atoms with E-state index in [4.69, 9.17) is 16.3 Å². The molecule has 0 spiro atoms. The lowest BCUT2D eigenvalue weighted by Crippen LogP contribution is -2.68. The molecule has 158 valence electrons. The third-order valence-electron chi connectivity index (χ3n) is 4.97. The molecule has 1 fully saturated rings. The van der Waals surface area contributed by atoms with Gasteiger partial charge in [0.25, 0.3) is 0 Å². The lowest BCUT2D eigenvalue weighted by atomic mass is 9.91. The summed E-state index contributed by atoms with van der Waals surface area (Å²) < 4.78 is 5.49. The molecule has 1 aromatic carbocycles. The van der Waals surface area contributed by atoms with Crippen LogP contribution in [0.3, 0.4) is 0 Å². The van der Waals surface area contributed by atoms with E-state index in [1.165, 1.54) is 0 Å². The van der Waals surface area contributed by atoms with Crippen LogP contribution in [0.25, 0.3) is 0 Å². The van der Waals surface area contributed by atoms with Crippen molar-refractivity contribution in [3.8, 4) is 0 Å². The summed E-state index contributed by atoms with van der Waals surface area (Å²) in [5, 5.41) is 51.3. The first kappa shape index (κ1) is 23.0. The second-order valence-electron chi connectivity index (χ2n) is 8.08. The monoisotopic (exact) mass is 417 g/mol. The Hall–Kier alpha value is -1.26. The maximum absolute atomic E-state index is 11.4. The Kier molecular flexibility index (Phi) is 7.09. The van der Waals surface area contributed by atoms with Crippen LogP contribution in [0.4, 0.5) is 0 Å². The van der Waals surface area contributed by atoms with Gasteiger partial charge in [-0.3, -0.25) is 4.90 Å². The molecule has 0 amide bonds. The highest BCUT2D eigenvalue weighted by atomic mass is 35.5. The molecule has 0 bridgehead atoms. The van der Waals surface area contributed by atoms with Crippen LogP contribution >= 0.6 is 11.6 Å². The topological polar surface area (TPSA) is 131 Å². The van der Waals surface area contributed by atoms with Crippen LogP contribution in [0.1, 0.15) is 39.4 Å². The molecule has 1 aromatic rings. The Morgan fingerprint density at radius 2 is 1.79 bits per heavy atom. The standard InChI is InChI=1S/C19H28ClNO7/c1-9(12(22)10-6-5-7-11(20)8-10)21(19(2,3)4)17-15(25)13(23)14(24)16(28-17)18(26)27/h5-9,12-17,22-25H,1-4H3,(H,26,27)/t9-,12?,13-,14-,15+,16-,17+/m0/s1. The van der Waals surface area contributed by atoms with Gasteiger partial charge in [-0.25, -0.2) is 4.79 Å². The van der Waals surface area contributed by atoms with Crippen molar-refractivity contribution in [3.63, 3.8) is 0 Å². The third kappa shape index (κ3) is 4.65. The number of halogens is 1. The van der Waals surface area contributed by atoms with E-state index in [9.17, 15) is 30.3 Å². The fourth-order valence-corrected chi connectivity index (χ4v) is 3.84. The number of carbonyl (C=O) groups is 1. The second kappa shape index (κ2) is 8.62. The smallest absolute Gasteiger partial charge is 0.335 e. The molecule has 5 N–H and O–H groups in total. The zero-order valence-corrected chi connectivity index (χ0v) is 17.0. The molecule has 0 saturated carbocycles. The van der Waals surface area contributed by atoms with Gasteiger partial charge >= 0.3 is 5.97 Å². The van der Waals surface area contributed by atoms with E-state index < -0.39 is 54.3 Å². The average molecular weight is 418 g/mol. The molecule has 28 heavy (non-hydrogen) atoms. The summed E-state index contributed by atoms with van der Waals surface area (Å²) in [4.78, 5) is 13.0. The maximum Gasteiger partial charge on any atom is 0.335 e. The molecule has 1 aliphatic heterocycles. The Balaban J connectivity index is 2.41. The van der Waals surface area contributed by atoms with Crippen molar-refractivity contribution in [3.05, 3.63) is 34.9 Å². The quantitative estimate of drug-likeness (QED) is 0.474. The minimum absolute atomic E-state index is 0.449. The highest BCUT2D eigenvalue weighted by molar-refractivity contribution is 6.30. The number of aliphatic hydroxyl groups is 4. The molecule has 9 heteroatoms. The normalized spacial score (nSPS) is 30.9. The zero-order chi connectivity index (χ0) is 21.4. The van der Waals surface area contributed by atoms with Gasteiger partial charge in [-0.2, -0.15) is 0 Å². The minimum atomic E-state index is -1.78. The molecular formula is C19H28ClNO7. The summed E-state index contributed by atoms with van der Waals surface area (Å²) in [6.07, 6.45) is -9.12. The zero-order valence-electron chi connectivity index (χ0n) is 16.2. The van der Waals surface area contributed by atoms with Crippen molar-refractivity contribution in [1.82, 2.24) is 4.90 Å². The van der Waals surface area contributed by atoms with Crippen molar-refractivity contribution in [2.75, 3.05) is 0 Å². The Morgan fingerprint density at radius 3 is 2.29 bits per heavy atom. The minimum Gasteiger partial charge on any atom is -0.479 e. The molecule has 1 heterocycles. The SMILES string of the molecule is C[C@@H](C(O)c1cccc(Cl)c1)N([C@@H]1O[C@H](C(=O)O)[C@@H](O)[C@H](O)[C@H]1O)C(C)(C)C. The Labute approximate surface area is 168 Å². The molecule has 7 atom stereocenters. The first-order chi connectivity index (χ1) is 12.9. The van der Waals surface area contributed by atoms with Crippen LogP contribution in [0.5, 0.6) is 0 Å². The van der Waals surface area contributed by atoms with Gasteiger partial charge in [0.15, 0.2) is 6.10 Å². The summed E-state index contributed by atoms with van der Waals surface area (Å²) in [6.45, 7) is 7.10. The number of benzene rings is 1. The van der Waals surface area contributed by atoms with Crippen molar-refractivity contribution < 1.29 is 35.1 Å². The predicted octanol–water partition coefficient (Wildman–Crippen LogP) is 0.755. The van der Waals surface area contributed by atoms with Crippen LogP contribution in [-0.4, -0.2) is 78.6 Å². The fraction of sp³-hybridized carbons (Fsp3) is 0.632. The lowest BCUT2D eigenvalue weighted by Gasteiger charge is -2.51. The van der Waals surface area contributed by atoms with E-state index >= 15 is 0 Å². The number of aliphatic carboxylic acids is 1.